The number of hydrogen-bond donors (Lipinski definition) is 1. The van der Waals surface area contributed by atoms with Crippen LogP contribution >= 0.6 is 0 Å². The number of likely N-dealkylation sites (N-methyl/N-ethyl adjacent to an activating group) is 1. The fourth-order valence-corrected chi connectivity index (χ4v) is 3.53. The second kappa shape index (κ2) is 8.26. The highest BCUT2D eigenvalue weighted by Crippen LogP contribution is 2.41. The normalized spacial score (nSPS) is 18.0. The molecule has 1 aromatic rings. The van der Waals surface area contributed by atoms with Gasteiger partial charge in [-0.2, -0.15) is 0 Å². The number of aryl methyl sites for hydroxylation is 1. The highest BCUT2D eigenvalue weighted by atomic mass is 16.3. The topological polar surface area (TPSA) is 60.9 Å². The van der Waals surface area contributed by atoms with E-state index in [1.807, 2.05) is 52.0 Å². The fraction of sp³-hybridized carbons (Fsp3) is 0.545. The Kier molecular flexibility index (Phi) is 6.47. The first-order valence-electron chi connectivity index (χ1n) is 9.70. The Bertz CT molecular complexity index is 742. The van der Waals surface area contributed by atoms with Crippen LogP contribution in [0.1, 0.15) is 51.8 Å². The minimum Gasteiger partial charge on any atom is -0.503 e. The van der Waals surface area contributed by atoms with Crippen LogP contribution in [0.4, 0.5) is 0 Å². The number of amides is 1. The summed E-state index contributed by atoms with van der Waals surface area (Å²) in [6, 6.07) is 7.21. The Morgan fingerprint density at radius 1 is 1.19 bits per heavy atom. The van der Waals surface area contributed by atoms with Crippen LogP contribution in [0.15, 0.2) is 35.6 Å². The number of carbonyl (C=O) groups is 2. The number of nitrogens with zero attached hydrogens (tertiary/aromatic N) is 2. The zero-order valence-electron chi connectivity index (χ0n) is 17.4. The lowest BCUT2D eigenvalue weighted by atomic mass is 9.81. The predicted octanol–water partition coefficient (Wildman–Crippen LogP) is 3.65. The standard InChI is InChI=1S/C22H32N2O3/c1-7-23(8-2)13-14-24-18(16-12-10-9-11-15(16)3)17(19(25)21(24)27)20(26)22(4,5)6/h9-12,18,25H,7-8,13-14H2,1-6H3. The summed E-state index contributed by atoms with van der Waals surface area (Å²) in [6.07, 6.45) is 0. The van der Waals surface area contributed by atoms with Gasteiger partial charge in [-0.1, -0.05) is 58.9 Å². The minimum atomic E-state index is -0.681. The molecule has 1 amide bonds. The molecule has 1 aliphatic heterocycles. The van der Waals surface area contributed by atoms with Crippen LogP contribution in [0.5, 0.6) is 0 Å². The van der Waals surface area contributed by atoms with Gasteiger partial charge < -0.3 is 14.9 Å². The van der Waals surface area contributed by atoms with E-state index >= 15 is 0 Å². The highest BCUT2D eigenvalue weighted by molar-refractivity contribution is 6.10. The van der Waals surface area contributed by atoms with Gasteiger partial charge in [0.15, 0.2) is 11.5 Å². The van der Waals surface area contributed by atoms with Gasteiger partial charge in [0.25, 0.3) is 5.91 Å². The number of benzene rings is 1. The van der Waals surface area contributed by atoms with Crippen molar-refractivity contribution < 1.29 is 14.7 Å². The maximum absolute atomic E-state index is 13.1. The zero-order valence-corrected chi connectivity index (χ0v) is 17.4. The predicted molar refractivity (Wildman–Crippen MR) is 108 cm³/mol. The Labute approximate surface area is 162 Å². The quantitative estimate of drug-likeness (QED) is 0.794. The van der Waals surface area contributed by atoms with Crippen molar-refractivity contribution in [3.8, 4) is 0 Å². The van der Waals surface area contributed by atoms with Crippen molar-refractivity contribution >= 4 is 11.7 Å². The summed E-state index contributed by atoms with van der Waals surface area (Å²) in [5.41, 5.74) is 1.43. The molecule has 5 nitrogen and oxygen atoms in total. The second-order valence-electron chi connectivity index (χ2n) is 8.13. The summed E-state index contributed by atoms with van der Waals surface area (Å²) in [6.45, 7) is 14.5. The molecule has 0 aliphatic carbocycles. The van der Waals surface area contributed by atoms with Crippen molar-refractivity contribution in [3.05, 3.63) is 46.7 Å². The smallest absolute Gasteiger partial charge is 0.290 e. The van der Waals surface area contributed by atoms with E-state index in [1.54, 1.807) is 4.90 Å². The van der Waals surface area contributed by atoms with Gasteiger partial charge in [0.1, 0.15) is 0 Å². The van der Waals surface area contributed by atoms with E-state index in [-0.39, 0.29) is 11.4 Å². The van der Waals surface area contributed by atoms with Gasteiger partial charge >= 0.3 is 0 Å². The third-order valence-electron chi connectivity index (χ3n) is 5.26. The van der Waals surface area contributed by atoms with Gasteiger partial charge in [0, 0.05) is 18.5 Å². The van der Waals surface area contributed by atoms with Crippen LogP contribution in [0.3, 0.4) is 0 Å². The van der Waals surface area contributed by atoms with Gasteiger partial charge in [-0.25, -0.2) is 0 Å². The molecule has 2 rings (SSSR count). The van der Waals surface area contributed by atoms with Gasteiger partial charge in [0.05, 0.1) is 11.6 Å². The molecule has 27 heavy (non-hydrogen) atoms. The molecule has 0 spiro atoms. The van der Waals surface area contributed by atoms with Crippen molar-refractivity contribution in [3.63, 3.8) is 0 Å². The number of aliphatic hydroxyl groups is 1. The fourth-order valence-electron chi connectivity index (χ4n) is 3.53. The van der Waals surface area contributed by atoms with Gasteiger partial charge in [-0.15, -0.1) is 0 Å². The average molecular weight is 373 g/mol. The van der Waals surface area contributed by atoms with Gasteiger partial charge in [-0.3, -0.25) is 9.59 Å². The van der Waals surface area contributed by atoms with Gasteiger partial charge in [-0.05, 0) is 31.1 Å². The molecule has 1 N–H and O–H groups in total. The molecule has 0 saturated carbocycles. The molecule has 0 radical (unpaired) electrons. The lowest BCUT2D eigenvalue weighted by Crippen LogP contribution is -2.39. The Balaban J connectivity index is 2.50. The van der Waals surface area contributed by atoms with Crippen molar-refractivity contribution in [1.29, 1.82) is 0 Å². The summed E-state index contributed by atoms with van der Waals surface area (Å²) in [4.78, 5) is 29.9. The molecule has 5 heteroatoms. The number of carbonyl (C=O) groups excluding carboxylic acids is 2. The van der Waals surface area contributed by atoms with E-state index in [2.05, 4.69) is 18.7 Å². The first-order chi connectivity index (χ1) is 12.6. The molecule has 1 unspecified atom stereocenters. The van der Waals surface area contributed by atoms with E-state index in [4.69, 9.17) is 0 Å². The van der Waals surface area contributed by atoms with Crippen LogP contribution in [-0.4, -0.2) is 52.8 Å². The van der Waals surface area contributed by atoms with Crippen LogP contribution in [-0.2, 0) is 9.59 Å². The van der Waals surface area contributed by atoms with E-state index in [1.165, 1.54) is 0 Å². The third-order valence-corrected chi connectivity index (χ3v) is 5.26. The second-order valence-corrected chi connectivity index (χ2v) is 8.13. The number of ketones is 1. The first kappa shape index (κ1) is 21.2. The summed E-state index contributed by atoms with van der Waals surface area (Å²) in [7, 11) is 0. The van der Waals surface area contributed by atoms with Crippen LogP contribution in [0, 0.1) is 12.3 Å². The van der Waals surface area contributed by atoms with Crippen molar-refractivity contribution in [1.82, 2.24) is 9.80 Å². The van der Waals surface area contributed by atoms with E-state index in [0.717, 1.165) is 24.2 Å². The molecule has 0 bridgehead atoms. The largest absolute Gasteiger partial charge is 0.503 e. The maximum Gasteiger partial charge on any atom is 0.290 e. The van der Waals surface area contributed by atoms with Crippen molar-refractivity contribution in [2.75, 3.05) is 26.2 Å². The lowest BCUT2D eigenvalue weighted by Gasteiger charge is -2.31. The summed E-state index contributed by atoms with van der Waals surface area (Å²) in [5.74, 6) is -1.04. The minimum absolute atomic E-state index is 0.188. The molecule has 0 saturated heterocycles. The summed E-state index contributed by atoms with van der Waals surface area (Å²) >= 11 is 0. The molecular formula is C22H32N2O3. The number of rotatable bonds is 7. The maximum atomic E-state index is 13.1. The monoisotopic (exact) mass is 372 g/mol. The summed E-state index contributed by atoms with van der Waals surface area (Å²) in [5, 5.41) is 10.6. The Hall–Kier alpha value is -2.14. The average Bonchev–Trinajstić information content (AvgIpc) is 2.86. The van der Waals surface area contributed by atoms with Crippen LogP contribution in [0.25, 0.3) is 0 Å². The van der Waals surface area contributed by atoms with Gasteiger partial charge in [0.2, 0.25) is 0 Å². The third kappa shape index (κ3) is 4.24. The Morgan fingerprint density at radius 2 is 1.78 bits per heavy atom. The van der Waals surface area contributed by atoms with Crippen molar-refractivity contribution in [2.45, 2.75) is 47.6 Å². The molecule has 1 atom stereocenters. The van der Waals surface area contributed by atoms with E-state index in [9.17, 15) is 14.7 Å². The summed E-state index contributed by atoms with van der Waals surface area (Å²) < 4.78 is 0. The molecular weight excluding hydrogens is 340 g/mol. The molecule has 1 aromatic carbocycles. The van der Waals surface area contributed by atoms with E-state index < -0.39 is 23.1 Å². The first-order valence-corrected chi connectivity index (χ1v) is 9.70. The molecule has 0 fully saturated rings. The van der Waals surface area contributed by atoms with E-state index in [0.29, 0.717) is 13.1 Å². The van der Waals surface area contributed by atoms with Crippen LogP contribution in [0.2, 0.25) is 0 Å². The van der Waals surface area contributed by atoms with Crippen LogP contribution < -0.4 is 0 Å². The SMILES string of the molecule is CCN(CC)CCN1C(=O)C(O)=C(C(=O)C(C)(C)C)C1c1ccccc1C. The lowest BCUT2D eigenvalue weighted by molar-refractivity contribution is -0.129. The van der Waals surface area contributed by atoms with Crippen molar-refractivity contribution in [2.24, 2.45) is 5.41 Å². The zero-order chi connectivity index (χ0) is 20.4. The number of hydrogen-bond acceptors (Lipinski definition) is 4. The highest BCUT2D eigenvalue weighted by Gasteiger charge is 2.46. The number of Topliss-reactive ketones (excluding diaryl/α,β-unsaturated/α-hetero) is 1. The molecule has 1 heterocycles. The molecule has 1 aliphatic rings. The number of aliphatic hydroxyl groups excluding tert-OH is 1. The molecule has 148 valence electrons. The Morgan fingerprint density at radius 3 is 2.30 bits per heavy atom. The molecule has 0 aromatic heterocycles.